The third-order valence-electron chi connectivity index (χ3n) is 5.86. The van der Waals surface area contributed by atoms with Crippen molar-refractivity contribution >= 4 is 11.8 Å². The van der Waals surface area contributed by atoms with Crippen molar-refractivity contribution in [3.63, 3.8) is 0 Å². The van der Waals surface area contributed by atoms with Crippen molar-refractivity contribution in [2.45, 2.75) is 56.8 Å². The Labute approximate surface area is 153 Å². The lowest BCUT2D eigenvalue weighted by atomic mass is 9.80. The molecule has 0 aromatic heterocycles. The lowest BCUT2D eigenvalue weighted by Gasteiger charge is -2.47. The zero-order valence-corrected chi connectivity index (χ0v) is 15.2. The summed E-state index contributed by atoms with van der Waals surface area (Å²) in [4.78, 5) is 26.1. The second kappa shape index (κ2) is 6.91. The minimum atomic E-state index is -0.333. The van der Waals surface area contributed by atoms with Gasteiger partial charge in [-0.2, -0.15) is 0 Å². The third-order valence-corrected chi connectivity index (χ3v) is 5.86. The summed E-state index contributed by atoms with van der Waals surface area (Å²) in [5.41, 5.74) is 0.702. The van der Waals surface area contributed by atoms with Crippen LogP contribution in [0.2, 0.25) is 0 Å². The Morgan fingerprint density at radius 1 is 1.23 bits per heavy atom. The van der Waals surface area contributed by atoms with E-state index in [2.05, 4.69) is 5.32 Å². The number of hydrogen-bond donors (Lipinski definition) is 1. The number of amides is 2. The largest absolute Gasteiger partial charge is 0.487 e. The molecule has 4 rings (SSSR count). The molecular weight excluding hydrogens is 332 g/mol. The summed E-state index contributed by atoms with van der Waals surface area (Å²) >= 11 is 0. The Hall–Kier alpha value is -2.08. The van der Waals surface area contributed by atoms with Gasteiger partial charge in [0, 0.05) is 51.4 Å². The van der Waals surface area contributed by atoms with Gasteiger partial charge in [0.2, 0.25) is 11.8 Å². The first-order chi connectivity index (χ1) is 12.6. The van der Waals surface area contributed by atoms with Crippen molar-refractivity contribution < 1.29 is 19.1 Å². The predicted octanol–water partition coefficient (Wildman–Crippen LogP) is 2.19. The van der Waals surface area contributed by atoms with Crippen LogP contribution in [0.25, 0.3) is 0 Å². The highest BCUT2D eigenvalue weighted by Gasteiger charge is 2.44. The Bertz CT molecular complexity index is 691. The molecule has 6 heteroatoms. The van der Waals surface area contributed by atoms with Crippen LogP contribution in [-0.4, -0.2) is 48.1 Å². The summed E-state index contributed by atoms with van der Waals surface area (Å²) in [7, 11) is 0. The molecule has 1 spiro atoms. The number of benzene rings is 1. The van der Waals surface area contributed by atoms with Gasteiger partial charge in [0.05, 0.1) is 6.04 Å². The smallest absolute Gasteiger partial charge is 0.249 e. The van der Waals surface area contributed by atoms with E-state index in [1.165, 1.54) is 0 Å². The maximum Gasteiger partial charge on any atom is 0.249 e. The lowest BCUT2D eigenvalue weighted by molar-refractivity contribution is -0.133. The number of fused-ring (bicyclic) bond motifs is 1. The van der Waals surface area contributed by atoms with Gasteiger partial charge in [-0.25, -0.2) is 0 Å². The molecule has 3 aliphatic heterocycles. The number of likely N-dealkylation sites (tertiary alicyclic amines) is 1. The van der Waals surface area contributed by atoms with Gasteiger partial charge in [-0.05, 0) is 18.9 Å². The van der Waals surface area contributed by atoms with E-state index >= 15 is 0 Å². The van der Waals surface area contributed by atoms with Crippen LogP contribution in [0.3, 0.4) is 0 Å². The van der Waals surface area contributed by atoms with Crippen molar-refractivity contribution in [2.75, 3.05) is 19.7 Å². The Kier molecular flexibility index (Phi) is 4.61. The van der Waals surface area contributed by atoms with Gasteiger partial charge >= 0.3 is 0 Å². The maximum atomic E-state index is 12.6. The zero-order valence-electron chi connectivity index (χ0n) is 15.2. The molecule has 0 aliphatic carbocycles. The fourth-order valence-corrected chi connectivity index (χ4v) is 4.33. The molecule has 0 unspecified atom stereocenters. The summed E-state index contributed by atoms with van der Waals surface area (Å²) in [5.74, 6) is 0.924. The minimum absolute atomic E-state index is 0.0273. The quantitative estimate of drug-likeness (QED) is 0.880. The number of para-hydroxylation sites is 1. The zero-order chi connectivity index (χ0) is 18.1. The van der Waals surface area contributed by atoms with Gasteiger partial charge < -0.3 is 19.7 Å². The number of carbonyl (C=O) groups is 2. The van der Waals surface area contributed by atoms with Crippen LogP contribution in [-0.2, 0) is 14.3 Å². The van der Waals surface area contributed by atoms with Gasteiger partial charge in [-0.15, -0.1) is 0 Å². The summed E-state index contributed by atoms with van der Waals surface area (Å²) in [5, 5.41) is 3.20. The third kappa shape index (κ3) is 3.30. The number of rotatable bonds is 2. The van der Waals surface area contributed by atoms with Crippen molar-refractivity contribution in [3.05, 3.63) is 29.8 Å². The molecular formula is C20H26N2O4. The summed E-state index contributed by atoms with van der Waals surface area (Å²) in [6, 6.07) is 7.85. The highest BCUT2D eigenvalue weighted by molar-refractivity contribution is 5.81. The lowest BCUT2D eigenvalue weighted by Crippen LogP contribution is -2.53. The molecule has 140 valence electrons. The first-order valence-corrected chi connectivity index (χ1v) is 9.52. The normalized spacial score (nSPS) is 26.9. The Morgan fingerprint density at radius 2 is 2.00 bits per heavy atom. The van der Waals surface area contributed by atoms with Crippen LogP contribution in [0.15, 0.2) is 24.3 Å². The number of piperidine rings is 1. The van der Waals surface area contributed by atoms with Crippen LogP contribution in [0.1, 0.15) is 50.6 Å². The molecule has 3 aliphatic rings. The molecule has 2 saturated heterocycles. The van der Waals surface area contributed by atoms with E-state index in [4.69, 9.17) is 9.47 Å². The maximum absolute atomic E-state index is 12.6. The van der Waals surface area contributed by atoms with Crippen LogP contribution >= 0.6 is 0 Å². The first-order valence-electron chi connectivity index (χ1n) is 9.52. The molecule has 1 aromatic rings. The van der Waals surface area contributed by atoms with Crippen LogP contribution in [0, 0.1) is 0 Å². The van der Waals surface area contributed by atoms with Gasteiger partial charge in [-0.3, -0.25) is 9.59 Å². The minimum Gasteiger partial charge on any atom is -0.487 e. The molecule has 2 atom stereocenters. The average molecular weight is 358 g/mol. The molecule has 0 bridgehead atoms. The second-order valence-electron chi connectivity index (χ2n) is 7.60. The van der Waals surface area contributed by atoms with Crippen LogP contribution in [0.5, 0.6) is 5.75 Å². The average Bonchev–Trinajstić information content (AvgIpc) is 3.17. The van der Waals surface area contributed by atoms with E-state index in [1.807, 2.05) is 29.2 Å². The Balaban J connectivity index is 1.53. The number of hydrogen-bond acceptors (Lipinski definition) is 4. The molecule has 2 fully saturated rings. The second-order valence-corrected chi connectivity index (χ2v) is 7.60. The first kappa shape index (κ1) is 17.3. The van der Waals surface area contributed by atoms with Gasteiger partial charge in [0.15, 0.2) is 0 Å². The fraction of sp³-hybridized carbons (Fsp3) is 0.600. The molecule has 2 amide bonds. The van der Waals surface area contributed by atoms with E-state index in [9.17, 15) is 9.59 Å². The topological polar surface area (TPSA) is 67.9 Å². The molecule has 0 saturated carbocycles. The summed E-state index contributed by atoms with van der Waals surface area (Å²) in [6.07, 6.45) is 3.69. The molecule has 3 heterocycles. The van der Waals surface area contributed by atoms with Gasteiger partial charge in [-0.1, -0.05) is 18.2 Å². The number of nitrogens with zero attached hydrogens (tertiary/aromatic N) is 1. The van der Waals surface area contributed by atoms with Crippen LogP contribution < -0.4 is 10.1 Å². The highest BCUT2D eigenvalue weighted by atomic mass is 16.5. The summed E-state index contributed by atoms with van der Waals surface area (Å²) < 4.78 is 11.9. The van der Waals surface area contributed by atoms with E-state index in [0.717, 1.165) is 43.4 Å². The number of carbonyl (C=O) groups excluding carboxylic acids is 2. The SMILES string of the molecule is CC(=O)N1CCC2(CC1)C[C@@H](NC(=O)[C@H]1CCCO1)c1ccccc1O2. The van der Waals surface area contributed by atoms with Crippen molar-refractivity contribution in [1.82, 2.24) is 10.2 Å². The monoisotopic (exact) mass is 358 g/mol. The fourth-order valence-electron chi connectivity index (χ4n) is 4.33. The van der Waals surface area contributed by atoms with Gasteiger partial charge in [0.25, 0.3) is 0 Å². The van der Waals surface area contributed by atoms with Crippen molar-refractivity contribution in [2.24, 2.45) is 0 Å². The Morgan fingerprint density at radius 3 is 2.69 bits per heavy atom. The standard InChI is InChI=1S/C20H26N2O4/c1-14(23)22-10-8-20(9-11-22)13-16(15-5-2-3-6-17(15)26-20)21-19(24)18-7-4-12-25-18/h2-3,5-6,16,18H,4,7-13H2,1H3,(H,21,24)/t16-,18-/m1/s1. The number of ether oxygens (including phenoxy) is 2. The molecule has 0 radical (unpaired) electrons. The molecule has 6 nitrogen and oxygen atoms in total. The van der Waals surface area contributed by atoms with E-state index in [-0.39, 0.29) is 29.6 Å². The number of nitrogens with one attached hydrogen (secondary N) is 1. The van der Waals surface area contributed by atoms with Crippen molar-refractivity contribution in [1.29, 1.82) is 0 Å². The predicted molar refractivity (Wildman–Crippen MR) is 95.8 cm³/mol. The highest BCUT2D eigenvalue weighted by Crippen LogP contribution is 2.44. The molecule has 1 N–H and O–H groups in total. The van der Waals surface area contributed by atoms with E-state index in [0.29, 0.717) is 19.7 Å². The summed E-state index contributed by atoms with van der Waals surface area (Å²) in [6.45, 7) is 3.67. The van der Waals surface area contributed by atoms with Crippen LogP contribution in [0.4, 0.5) is 0 Å². The van der Waals surface area contributed by atoms with Gasteiger partial charge in [0.1, 0.15) is 17.5 Å². The van der Waals surface area contributed by atoms with E-state index < -0.39 is 0 Å². The molecule has 1 aromatic carbocycles. The van der Waals surface area contributed by atoms with Crippen molar-refractivity contribution in [3.8, 4) is 5.75 Å². The molecule has 26 heavy (non-hydrogen) atoms. The van der Waals surface area contributed by atoms with E-state index in [1.54, 1.807) is 6.92 Å².